The first kappa shape index (κ1) is 23.2. The average molecular weight is 472 g/mol. The van der Waals surface area contributed by atoms with Gasteiger partial charge in [0.05, 0.1) is 4.90 Å². The van der Waals surface area contributed by atoms with Gasteiger partial charge in [0, 0.05) is 12.0 Å². The second-order valence-electron chi connectivity index (χ2n) is 6.91. The lowest BCUT2D eigenvalue weighted by Crippen LogP contribution is -2.50. The summed E-state index contributed by atoms with van der Waals surface area (Å²) >= 11 is 0. The van der Waals surface area contributed by atoms with Gasteiger partial charge in [0.15, 0.2) is 15.6 Å². The fourth-order valence-corrected chi connectivity index (χ4v) is 5.26. The van der Waals surface area contributed by atoms with Gasteiger partial charge in [0.25, 0.3) is 0 Å². The van der Waals surface area contributed by atoms with E-state index in [4.69, 9.17) is 0 Å². The van der Waals surface area contributed by atoms with Crippen LogP contribution in [0, 0.1) is 5.82 Å². The molecule has 1 unspecified atom stereocenters. The molecule has 0 aromatic heterocycles. The van der Waals surface area contributed by atoms with E-state index in [1.54, 1.807) is 0 Å². The van der Waals surface area contributed by atoms with Crippen LogP contribution in [0.3, 0.4) is 0 Å². The van der Waals surface area contributed by atoms with Gasteiger partial charge in [-0.25, -0.2) is 17.2 Å². The Balaban J connectivity index is 2.16. The van der Waals surface area contributed by atoms with Crippen molar-refractivity contribution in [1.29, 1.82) is 0 Å². The molecule has 2 aromatic carbocycles. The highest BCUT2D eigenvalue weighted by atomic mass is 32.2. The molecule has 0 saturated carbocycles. The molecule has 1 aliphatic carbocycles. The largest absolute Gasteiger partial charge is 0.435 e. The number of alkyl halides is 7. The van der Waals surface area contributed by atoms with Gasteiger partial charge < -0.3 is 0 Å². The molecule has 1 atom stereocenters. The standard InChI is InChI=1S/C19H12F8O3S/c20-12-3-5-13(6-4-12)31(29,30)16-14-7-2-11(9-10(14)1-8-15(16)28)17(21,18(22,23)24)19(25,26)27/h2-7,9,16H,1,8H2. The van der Waals surface area contributed by atoms with Crippen LogP contribution in [-0.2, 0) is 26.7 Å². The molecule has 31 heavy (non-hydrogen) atoms. The third-order valence-corrected chi connectivity index (χ3v) is 7.06. The fraction of sp³-hybridized carbons (Fsp3) is 0.316. The SMILES string of the molecule is O=C1CCc2cc(C(F)(C(F)(F)F)C(F)(F)F)ccc2C1S(=O)(=O)c1ccc(F)cc1. The normalized spacial score (nSPS) is 18.1. The van der Waals surface area contributed by atoms with E-state index in [-0.39, 0.29) is 29.7 Å². The van der Waals surface area contributed by atoms with Crippen LogP contribution < -0.4 is 0 Å². The van der Waals surface area contributed by atoms with Gasteiger partial charge in [0.2, 0.25) is 0 Å². The second-order valence-corrected chi connectivity index (χ2v) is 8.95. The molecule has 0 bridgehead atoms. The molecule has 0 fully saturated rings. The van der Waals surface area contributed by atoms with Crippen LogP contribution in [-0.4, -0.2) is 26.6 Å². The molecule has 2 aromatic rings. The highest BCUT2D eigenvalue weighted by molar-refractivity contribution is 7.92. The molecule has 0 heterocycles. The maximum Gasteiger partial charge on any atom is 0.435 e. The number of benzene rings is 2. The molecule has 0 radical (unpaired) electrons. The van der Waals surface area contributed by atoms with Crippen molar-refractivity contribution in [3.8, 4) is 0 Å². The molecular formula is C19H12F8O3S. The van der Waals surface area contributed by atoms with Crippen molar-refractivity contribution in [2.24, 2.45) is 0 Å². The molecule has 1 aliphatic rings. The third kappa shape index (κ3) is 3.70. The van der Waals surface area contributed by atoms with Crippen LogP contribution in [0.5, 0.6) is 0 Å². The summed E-state index contributed by atoms with van der Waals surface area (Å²) in [6.07, 6.45) is -13.5. The topological polar surface area (TPSA) is 51.2 Å². The predicted octanol–water partition coefficient (Wildman–Crippen LogP) is 5.15. The van der Waals surface area contributed by atoms with Crippen molar-refractivity contribution in [3.63, 3.8) is 0 Å². The zero-order valence-electron chi connectivity index (χ0n) is 15.2. The molecular weight excluding hydrogens is 460 g/mol. The van der Waals surface area contributed by atoms with E-state index >= 15 is 0 Å². The molecule has 0 saturated heterocycles. The number of hydrogen-bond acceptors (Lipinski definition) is 3. The number of fused-ring (bicyclic) bond motifs is 1. The average Bonchev–Trinajstić information content (AvgIpc) is 2.65. The first-order valence-electron chi connectivity index (χ1n) is 8.58. The second kappa shape index (κ2) is 7.28. The molecule has 0 spiro atoms. The summed E-state index contributed by atoms with van der Waals surface area (Å²) in [5.41, 5.74) is -8.13. The van der Waals surface area contributed by atoms with Gasteiger partial charge in [0.1, 0.15) is 11.1 Å². The van der Waals surface area contributed by atoms with Gasteiger partial charge in [-0.05, 0) is 41.8 Å². The molecule has 3 nitrogen and oxygen atoms in total. The Kier molecular flexibility index (Phi) is 5.44. The monoisotopic (exact) mass is 472 g/mol. The van der Waals surface area contributed by atoms with Crippen molar-refractivity contribution in [3.05, 3.63) is 65.0 Å². The molecule has 0 N–H and O–H groups in total. The number of hydrogen-bond donors (Lipinski definition) is 0. The summed E-state index contributed by atoms with van der Waals surface area (Å²) in [6, 6.07) is 4.42. The van der Waals surface area contributed by atoms with E-state index in [1.165, 1.54) is 0 Å². The van der Waals surface area contributed by atoms with E-state index in [0.29, 0.717) is 6.07 Å². The number of Topliss-reactive ketones (excluding diaryl/α,β-unsaturated/α-hetero) is 1. The minimum Gasteiger partial charge on any atom is -0.298 e. The van der Waals surface area contributed by atoms with Crippen LogP contribution in [0.25, 0.3) is 0 Å². The highest BCUT2D eigenvalue weighted by Crippen LogP contribution is 2.54. The van der Waals surface area contributed by atoms with Crippen LogP contribution >= 0.6 is 0 Å². The van der Waals surface area contributed by atoms with Crippen LogP contribution in [0.1, 0.15) is 28.4 Å². The Morgan fingerprint density at radius 1 is 0.806 bits per heavy atom. The van der Waals surface area contributed by atoms with Crippen molar-refractivity contribution in [2.75, 3.05) is 0 Å². The molecule has 12 heteroatoms. The Hall–Kier alpha value is -2.50. The first-order chi connectivity index (χ1) is 14.1. The summed E-state index contributed by atoms with van der Waals surface area (Å²) in [7, 11) is -4.50. The van der Waals surface area contributed by atoms with E-state index < -0.39 is 61.6 Å². The highest BCUT2D eigenvalue weighted by Gasteiger charge is 2.73. The Morgan fingerprint density at radius 3 is 1.87 bits per heavy atom. The molecule has 0 aliphatic heterocycles. The summed E-state index contributed by atoms with van der Waals surface area (Å²) in [5, 5.41) is -1.93. The maximum absolute atomic E-state index is 14.3. The lowest BCUT2D eigenvalue weighted by molar-refractivity contribution is -0.348. The van der Waals surface area contributed by atoms with Gasteiger partial charge in [-0.1, -0.05) is 18.2 Å². The number of aryl methyl sites for hydroxylation is 1. The van der Waals surface area contributed by atoms with Crippen molar-refractivity contribution in [2.45, 2.75) is 41.0 Å². The van der Waals surface area contributed by atoms with Crippen molar-refractivity contribution in [1.82, 2.24) is 0 Å². The maximum atomic E-state index is 14.3. The first-order valence-corrected chi connectivity index (χ1v) is 10.1. The summed E-state index contributed by atoms with van der Waals surface area (Å²) in [4.78, 5) is 11.9. The minimum absolute atomic E-state index is 0.172. The third-order valence-electron chi connectivity index (χ3n) is 4.99. The number of carbonyl (C=O) groups is 1. The smallest absolute Gasteiger partial charge is 0.298 e. The lowest BCUT2D eigenvalue weighted by Gasteiger charge is -2.32. The Labute approximate surface area is 170 Å². The van der Waals surface area contributed by atoms with Crippen LogP contribution in [0.4, 0.5) is 35.1 Å². The molecule has 3 rings (SSSR count). The number of ketones is 1. The molecule has 0 amide bonds. The quantitative estimate of drug-likeness (QED) is 0.459. The van der Waals surface area contributed by atoms with E-state index in [1.807, 2.05) is 0 Å². The van der Waals surface area contributed by atoms with Crippen molar-refractivity contribution >= 4 is 15.6 Å². The van der Waals surface area contributed by atoms with Crippen LogP contribution in [0.15, 0.2) is 47.4 Å². The summed E-state index contributed by atoms with van der Waals surface area (Å²) in [6.45, 7) is 0. The van der Waals surface area contributed by atoms with Gasteiger partial charge in [-0.3, -0.25) is 4.79 Å². The zero-order valence-corrected chi connectivity index (χ0v) is 16.0. The zero-order chi connectivity index (χ0) is 23.4. The fourth-order valence-electron chi connectivity index (χ4n) is 3.44. The number of rotatable bonds is 3. The van der Waals surface area contributed by atoms with Crippen molar-refractivity contribution < 1.29 is 48.3 Å². The number of sulfone groups is 1. The Bertz CT molecular complexity index is 1100. The number of carbonyl (C=O) groups excluding carboxylic acids is 1. The van der Waals surface area contributed by atoms with Crippen LogP contribution in [0.2, 0.25) is 0 Å². The predicted molar refractivity (Wildman–Crippen MR) is 91.0 cm³/mol. The minimum atomic E-state index is -6.33. The summed E-state index contributed by atoms with van der Waals surface area (Å²) in [5.74, 6) is -1.61. The Morgan fingerprint density at radius 2 is 1.35 bits per heavy atom. The van der Waals surface area contributed by atoms with E-state index in [0.717, 1.165) is 24.3 Å². The van der Waals surface area contributed by atoms with E-state index in [9.17, 15) is 48.3 Å². The van der Waals surface area contributed by atoms with Gasteiger partial charge >= 0.3 is 18.0 Å². The lowest BCUT2D eigenvalue weighted by atomic mass is 9.85. The number of halogens is 8. The van der Waals surface area contributed by atoms with Gasteiger partial charge in [-0.2, -0.15) is 26.3 Å². The molecule has 168 valence electrons. The summed E-state index contributed by atoms with van der Waals surface area (Å²) < 4.78 is 131. The van der Waals surface area contributed by atoms with Gasteiger partial charge in [-0.15, -0.1) is 0 Å². The van der Waals surface area contributed by atoms with E-state index in [2.05, 4.69) is 0 Å².